The van der Waals surface area contributed by atoms with Crippen LogP contribution in [0.4, 0.5) is 17.6 Å². The summed E-state index contributed by atoms with van der Waals surface area (Å²) in [6, 6.07) is 0. The lowest BCUT2D eigenvalue weighted by Gasteiger charge is -2.00. The molecule has 0 radical (unpaired) electrons. The summed E-state index contributed by atoms with van der Waals surface area (Å²) in [6.45, 7) is 0. The van der Waals surface area contributed by atoms with E-state index in [1.54, 1.807) is 0 Å². The minimum Gasteiger partial charge on any atom is -0.501 e. The topological polar surface area (TPSA) is 9.23 Å². The average Bonchev–Trinajstić information content (AvgIpc) is 1.64. The number of alkyl halides is 3. The minimum atomic E-state index is -4.92. The number of allylic oxidation sites excluding steroid dienone is 1. The summed E-state index contributed by atoms with van der Waals surface area (Å²) < 4.78 is 48.6. The van der Waals surface area contributed by atoms with Crippen molar-refractivity contribution in [1.82, 2.24) is 0 Å². The molecule has 0 fully saturated rings. The van der Waals surface area contributed by atoms with Crippen LogP contribution in [0.15, 0.2) is 12.1 Å². The van der Waals surface area contributed by atoms with Crippen LogP contribution in [0.1, 0.15) is 0 Å². The van der Waals surface area contributed by atoms with Gasteiger partial charge in [-0.25, -0.2) is 0 Å². The zero-order chi connectivity index (χ0) is 7.49. The van der Waals surface area contributed by atoms with Crippen molar-refractivity contribution in [3.05, 3.63) is 12.1 Å². The van der Waals surface area contributed by atoms with Gasteiger partial charge in [-0.2, -0.15) is 17.6 Å². The lowest BCUT2D eigenvalue weighted by Crippen LogP contribution is -2.07. The molecule has 0 amide bonds. The van der Waals surface area contributed by atoms with Gasteiger partial charge < -0.3 is 4.74 Å². The Morgan fingerprint density at radius 2 is 1.89 bits per heavy atom. The van der Waals surface area contributed by atoms with Gasteiger partial charge in [0.25, 0.3) is 0 Å². The molecule has 1 nitrogen and oxygen atoms in total. The van der Waals surface area contributed by atoms with Gasteiger partial charge in [-0.3, -0.25) is 0 Å². The monoisotopic (exact) mass is 144 g/mol. The van der Waals surface area contributed by atoms with Gasteiger partial charge in [-0.15, -0.1) is 0 Å². The highest BCUT2D eigenvalue weighted by molar-refractivity contribution is 4.93. The second kappa shape index (κ2) is 2.70. The molecule has 0 aromatic heterocycles. The number of hydrogen-bond acceptors (Lipinski definition) is 1. The van der Waals surface area contributed by atoms with Crippen molar-refractivity contribution in [2.24, 2.45) is 0 Å². The normalized spacial score (nSPS) is 13.7. The highest BCUT2D eigenvalue weighted by atomic mass is 19.4. The maximum Gasteiger partial charge on any atom is 0.446 e. The van der Waals surface area contributed by atoms with Crippen LogP contribution in [-0.4, -0.2) is 13.3 Å². The number of halogens is 4. The second-order valence-electron chi connectivity index (χ2n) is 1.20. The van der Waals surface area contributed by atoms with Crippen molar-refractivity contribution in [3.63, 3.8) is 0 Å². The Morgan fingerprint density at radius 1 is 1.44 bits per heavy atom. The van der Waals surface area contributed by atoms with Gasteiger partial charge in [0, 0.05) is 0 Å². The average molecular weight is 144 g/mol. The molecule has 0 aliphatic carbocycles. The minimum absolute atomic E-state index is 0. The van der Waals surface area contributed by atoms with E-state index in [-0.39, 0.29) is 6.26 Å². The Balaban J connectivity index is 4.03. The summed E-state index contributed by atoms with van der Waals surface area (Å²) >= 11 is 0. The number of ether oxygens (including phenoxy) is 1. The lowest BCUT2D eigenvalue weighted by molar-refractivity contribution is -0.111. The smallest absolute Gasteiger partial charge is 0.446 e. The van der Waals surface area contributed by atoms with Crippen LogP contribution in [0.3, 0.4) is 0 Å². The van der Waals surface area contributed by atoms with Crippen molar-refractivity contribution < 1.29 is 22.3 Å². The Bertz CT molecular complexity index is 114. The first-order chi connectivity index (χ1) is 3.98. The summed E-state index contributed by atoms with van der Waals surface area (Å²) in [6.07, 6.45) is -4.92. The van der Waals surface area contributed by atoms with Crippen LogP contribution in [0.5, 0.6) is 0 Å². The van der Waals surface area contributed by atoms with Crippen molar-refractivity contribution in [2.75, 3.05) is 7.11 Å². The maximum absolute atomic E-state index is 11.5. The highest BCUT2D eigenvalue weighted by Gasteiger charge is 2.34. The van der Waals surface area contributed by atoms with Crippen LogP contribution in [0.25, 0.3) is 0 Å². The zero-order valence-electron chi connectivity index (χ0n) is 4.50. The van der Waals surface area contributed by atoms with Crippen molar-refractivity contribution >= 4 is 0 Å². The molecule has 0 saturated heterocycles. The lowest BCUT2D eigenvalue weighted by atomic mass is 10.6. The van der Waals surface area contributed by atoms with E-state index in [4.69, 9.17) is 0 Å². The third-order valence-corrected chi connectivity index (χ3v) is 0.492. The fourth-order valence-corrected chi connectivity index (χ4v) is 0.170. The fourth-order valence-electron chi connectivity index (χ4n) is 0.170. The second-order valence-corrected chi connectivity index (χ2v) is 1.20. The van der Waals surface area contributed by atoms with Gasteiger partial charge in [-0.1, -0.05) is 0 Å². The van der Waals surface area contributed by atoms with Crippen LogP contribution in [0.2, 0.25) is 0 Å². The molecule has 0 bridgehead atoms. The van der Waals surface area contributed by atoms with Crippen molar-refractivity contribution in [2.45, 2.75) is 6.18 Å². The first-order valence-electron chi connectivity index (χ1n) is 1.94. The number of hydrogen-bond donors (Lipinski definition) is 0. The first-order valence-corrected chi connectivity index (χ1v) is 1.94. The summed E-state index contributed by atoms with van der Waals surface area (Å²) in [7, 11) is 0.936. The SMILES string of the molecule is COC=C(F)C(F)(F)F. The van der Waals surface area contributed by atoms with Crippen LogP contribution in [-0.2, 0) is 4.74 Å². The van der Waals surface area contributed by atoms with Crippen molar-refractivity contribution in [1.29, 1.82) is 0 Å². The van der Waals surface area contributed by atoms with E-state index in [1.807, 2.05) is 0 Å². The van der Waals surface area contributed by atoms with Crippen LogP contribution >= 0.6 is 0 Å². The maximum atomic E-state index is 11.5. The number of rotatable bonds is 1. The van der Waals surface area contributed by atoms with Crippen molar-refractivity contribution in [3.8, 4) is 0 Å². The van der Waals surface area contributed by atoms with Gasteiger partial charge in [0.15, 0.2) is 0 Å². The quantitative estimate of drug-likeness (QED) is 0.404. The molecule has 0 aliphatic heterocycles. The molecule has 0 rings (SSSR count). The molecule has 0 aliphatic rings. The Morgan fingerprint density at radius 3 is 2.00 bits per heavy atom. The van der Waals surface area contributed by atoms with E-state index >= 15 is 0 Å². The van der Waals surface area contributed by atoms with E-state index in [0.29, 0.717) is 0 Å². The largest absolute Gasteiger partial charge is 0.501 e. The molecule has 0 aromatic rings. The molecule has 9 heavy (non-hydrogen) atoms. The van der Waals surface area contributed by atoms with E-state index in [9.17, 15) is 17.6 Å². The van der Waals surface area contributed by atoms with Crippen LogP contribution in [0, 0.1) is 0 Å². The molecule has 5 heteroatoms. The fraction of sp³-hybridized carbons (Fsp3) is 0.500. The van der Waals surface area contributed by atoms with E-state index < -0.39 is 12.0 Å². The van der Waals surface area contributed by atoms with Gasteiger partial charge in [0.2, 0.25) is 5.83 Å². The zero-order valence-corrected chi connectivity index (χ0v) is 4.50. The molecule has 0 aromatic carbocycles. The van der Waals surface area contributed by atoms with E-state index in [1.165, 1.54) is 0 Å². The molecular formula is C4H4F4O. The van der Waals surface area contributed by atoms with E-state index in [2.05, 4.69) is 4.74 Å². The predicted octanol–water partition coefficient (Wildman–Crippen LogP) is 2.01. The predicted molar refractivity (Wildman–Crippen MR) is 22.3 cm³/mol. The summed E-state index contributed by atoms with van der Waals surface area (Å²) in [4.78, 5) is 0. The van der Waals surface area contributed by atoms with Gasteiger partial charge in [-0.05, 0) is 0 Å². The summed E-state index contributed by atoms with van der Waals surface area (Å²) in [5, 5.41) is 0. The highest BCUT2D eigenvalue weighted by Crippen LogP contribution is 2.25. The Kier molecular flexibility index (Phi) is 2.48. The molecule has 0 heterocycles. The molecule has 0 N–H and O–H groups in total. The standard InChI is InChI=1S/C4H4F4O/c1-9-2-3(5)4(6,7)8/h2H,1H3. The molecule has 54 valence electrons. The van der Waals surface area contributed by atoms with E-state index in [0.717, 1.165) is 7.11 Å². The molecular weight excluding hydrogens is 140 g/mol. The third-order valence-electron chi connectivity index (χ3n) is 0.492. The number of methoxy groups -OCH3 is 1. The summed E-state index contributed by atoms with van der Waals surface area (Å²) in [5.41, 5.74) is 0. The molecule has 0 saturated carbocycles. The van der Waals surface area contributed by atoms with Gasteiger partial charge in [0.1, 0.15) is 6.26 Å². The van der Waals surface area contributed by atoms with Gasteiger partial charge >= 0.3 is 6.18 Å². The molecule has 0 spiro atoms. The Hall–Kier alpha value is -0.740. The summed E-state index contributed by atoms with van der Waals surface area (Å²) in [5.74, 6) is -2.23. The Labute approximate surface area is 48.9 Å². The third kappa shape index (κ3) is 2.94. The molecule has 0 unspecified atom stereocenters. The van der Waals surface area contributed by atoms with Gasteiger partial charge in [0.05, 0.1) is 7.11 Å². The first kappa shape index (κ1) is 8.26. The molecule has 0 atom stereocenters. The van der Waals surface area contributed by atoms with Crippen LogP contribution < -0.4 is 0 Å².